The quantitative estimate of drug-likeness (QED) is 0.771. The summed E-state index contributed by atoms with van der Waals surface area (Å²) in [6.45, 7) is 1.43. The predicted molar refractivity (Wildman–Crippen MR) is 82.7 cm³/mol. The van der Waals surface area contributed by atoms with Crippen molar-refractivity contribution in [3.63, 3.8) is 0 Å². The van der Waals surface area contributed by atoms with E-state index in [1.165, 1.54) is 26.2 Å². The van der Waals surface area contributed by atoms with Crippen LogP contribution < -0.4 is 9.47 Å². The van der Waals surface area contributed by atoms with E-state index < -0.39 is 17.4 Å². The zero-order valence-corrected chi connectivity index (χ0v) is 13.1. The fourth-order valence-corrected chi connectivity index (χ4v) is 2.19. The second kappa shape index (κ2) is 7.72. The standard InChI is InChI=1S/C18H18F2O3/c1-12(21)7-8-13-9-15(19)18(16(20)10-13)23-11-14-5-3-4-6-17(14)22-2/h3-6,9-10H,7-8,11H2,1-2H3. The van der Waals surface area contributed by atoms with Gasteiger partial charge >= 0.3 is 0 Å². The Labute approximate surface area is 133 Å². The third-order valence-corrected chi connectivity index (χ3v) is 3.39. The van der Waals surface area contributed by atoms with Crippen molar-refractivity contribution in [1.29, 1.82) is 0 Å². The molecule has 122 valence electrons. The molecule has 0 aromatic heterocycles. The average Bonchev–Trinajstić information content (AvgIpc) is 2.52. The Bertz CT molecular complexity index is 675. The maximum absolute atomic E-state index is 14.0. The van der Waals surface area contributed by atoms with Crippen molar-refractivity contribution in [2.75, 3.05) is 7.11 Å². The molecule has 2 rings (SSSR count). The molecule has 2 aromatic carbocycles. The Morgan fingerprint density at radius 3 is 2.39 bits per heavy atom. The van der Waals surface area contributed by atoms with E-state index in [2.05, 4.69) is 0 Å². The molecule has 2 aromatic rings. The first-order chi connectivity index (χ1) is 11.0. The summed E-state index contributed by atoms with van der Waals surface area (Å²) in [6.07, 6.45) is 0.552. The summed E-state index contributed by atoms with van der Waals surface area (Å²) in [4.78, 5) is 10.9. The summed E-state index contributed by atoms with van der Waals surface area (Å²) in [6, 6.07) is 9.49. The maximum Gasteiger partial charge on any atom is 0.191 e. The number of para-hydroxylation sites is 1. The van der Waals surface area contributed by atoms with Crippen LogP contribution in [0.15, 0.2) is 36.4 Å². The summed E-state index contributed by atoms with van der Waals surface area (Å²) < 4.78 is 38.5. The zero-order chi connectivity index (χ0) is 16.8. The number of ketones is 1. The van der Waals surface area contributed by atoms with Gasteiger partial charge in [-0.2, -0.15) is 0 Å². The minimum absolute atomic E-state index is 0.00928. The number of ether oxygens (including phenoxy) is 2. The van der Waals surface area contributed by atoms with Gasteiger partial charge in [0.05, 0.1) is 7.11 Å². The fraction of sp³-hybridized carbons (Fsp3) is 0.278. The fourth-order valence-electron chi connectivity index (χ4n) is 2.19. The number of carbonyl (C=O) groups excluding carboxylic acids is 1. The van der Waals surface area contributed by atoms with Crippen LogP contribution in [0.1, 0.15) is 24.5 Å². The van der Waals surface area contributed by atoms with E-state index in [1.807, 2.05) is 0 Å². The lowest BCUT2D eigenvalue weighted by Gasteiger charge is -2.12. The molecule has 0 aliphatic rings. The zero-order valence-electron chi connectivity index (χ0n) is 13.1. The molecule has 0 fully saturated rings. The molecule has 0 radical (unpaired) electrons. The Morgan fingerprint density at radius 2 is 1.78 bits per heavy atom. The molecule has 5 heteroatoms. The summed E-state index contributed by atoms with van der Waals surface area (Å²) in [5, 5.41) is 0. The number of Topliss-reactive ketones (excluding diaryl/α,β-unsaturated/α-hetero) is 1. The first-order valence-electron chi connectivity index (χ1n) is 7.23. The maximum atomic E-state index is 14.0. The van der Waals surface area contributed by atoms with Gasteiger partial charge in [0, 0.05) is 12.0 Å². The Balaban J connectivity index is 2.12. The van der Waals surface area contributed by atoms with Crippen LogP contribution in [0.3, 0.4) is 0 Å². The van der Waals surface area contributed by atoms with Gasteiger partial charge in [0.2, 0.25) is 0 Å². The van der Waals surface area contributed by atoms with Crippen molar-refractivity contribution in [1.82, 2.24) is 0 Å². The molecule has 0 spiro atoms. The monoisotopic (exact) mass is 320 g/mol. The lowest BCUT2D eigenvalue weighted by atomic mass is 10.1. The van der Waals surface area contributed by atoms with Crippen LogP contribution in [-0.4, -0.2) is 12.9 Å². The van der Waals surface area contributed by atoms with Gasteiger partial charge in [-0.3, -0.25) is 0 Å². The third-order valence-electron chi connectivity index (χ3n) is 3.39. The smallest absolute Gasteiger partial charge is 0.191 e. The lowest BCUT2D eigenvalue weighted by molar-refractivity contribution is -0.116. The van der Waals surface area contributed by atoms with E-state index in [0.717, 1.165) is 0 Å². The molecule has 0 unspecified atom stereocenters. The van der Waals surface area contributed by atoms with Gasteiger partial charge in [-0.15, -0.1) is 0 Å². The van der Waals surface area contributed by atoms with E-state index >= 15 is 0 Å². The average molecular weight is 320 g/mol. The van der Waals surface area contributed by atoms with Gasteiger partial charge in [0.1, 0.15) is 18.1 Å². The SMILES string of the molecule is COc1ccccc1COc1c(F)cc(CCC(C)=O)cc1F. The first kappa shape index (κ1) is 16.9. The van der Waals surface area contributed by atoms with E-state index in [1.54, 1.807) is 24.3 Å². The van der Waals surface area contributed by atoms with Gasteiger partial charge in [-0.05, 0) is 37.1 Å². The molecule has 0 saturated heterocycles. The molecule has 0 N–H and O–H groups in total. The second-order valence-corrected chi connectivity index (χ2v) is 5.19. The van der Waals surface area contributed by atoms with Crippen LogP contribution in [0.25, 0.3) is 0 Å². The van der Waals surface area contributed by atoms with E-state index in [9.17, 15) is 13.6 Å². The highest BCUT2D eigenvalue weighted by Crippen LogP contribution is 2.26. The van der Waals surface area contributed by atoms with Crippen LogP contribution in [0, 0.1) is 11.6 Å². The number of rotatable bonds is 7. The number of carbonyl (C=O) groups is 1. The van der Waals surface area contributed by atoms with Gasteiger partial charge in [0.25, 0.3) is 0 Å². The summed E-state index contributed by atoms with van der Waals surface area (Å²) in [5.41, 5.74) is 1.12. The summed E-state index contributed by atoms with van der Waals surface area (Å²) in [5.74, 6) is -1.42. The van der Waals surface area contributed by atoms with Gasteiger partial charge in [-0.1, -0.05) is 18.2 Å². The van der Waals surface area contributed by atoms with Gasteiger partial charge in [-0.25, -0.2) is 8.78 Å². The highest BCUT2D eigenvalue weighted by molar-refractivity contribution is 5.75. The van der Waals surface area contributed by atoms with Gasteiger partial charge < -0.3 is 14.3 Å². The molecule has 0 heterocycles. The summed E-state index contributed by atoms with van der Waals surface area (Å²) in [7, 11) is 1.52. The molecule has 0 aliphatic heterocycles. The van der Waals surface area contributed by atoms with Crippen molar-refractivity contribution in [3.05, 3.63) is 59.2 Å². The van der Waals surface area contributed by atoms with Crippen LogP contribution >= 0.6 is 0 Å². The topological polar surface area (TPSA) is 35.5 Å². The van der Waals surface area contributed by atoms with Crippen molar-refractivity contribution < 1.29 is 23.0 Å². The molecular weight excluding hydrogens is 302 g/mol. The van der Waals surface area contributed by atoms with Crippen LogP contribution in [-0.2, 0) is 17.8 Å². The molecule has 0 aliphatic carbocycles. The number of halogens is 2. The third kappa shape index (κ3) is 4.52. The Hall–Kier alpha value is -2.43. The molecule has 3 nitrogen and oxygen atoms in total. The van der Waals surface area contributed by atoms with Crippen molar-refractivity contribution in [2.45, 2.75) is 26.4 Å². The van der Waals surface area contributed by atoms with Gasteiger partial charge in [0.15, 0.2) is 17.4 Å². The normalized spacial score (nSPS) is 10.4. The number of hydrogen-bond donors (Lipinski definition) is 0. The predicted octanol–water partition coefficient (Wildman–Crippen LogP) is 4.07. The molecule has 0 saturated carbocycles. The Morgan fingerprint density at radius 1 is 1.13 bits per heavy atom. The number of benzene rings is 2. The molecule has 0 atom stereocenters. The first-order valence-corrected chi connectivity index (χ1v) is 7.23. The van der Waals surface area contributed by atoms with Crippen LogP contribution in [0.5, 0.6) is 11.5 Å². The van der Waals surface area contributed by atoms with Crippen LogP contribution in [0.4, 0.5) is 8.78 Å². The van der Waals surface area contributed by atoms with E-state index in [4.69, 9.17) is 9.47 Å². The largest absolute Gasteiger partial charge is 0.496 e. The summed E-state index contributed by atoms with van der Waals surface area (Å²) >= 11 is 0. The van der Waals surface area contributed by atoms with Crippen molar-refractivity contribution in [2.24, 2.45) is 0 Å². The molecular formula is C18H18F2O3. The number of aryl methyl sites for hydroxylation is 1. The minimum Gasteiger partial charge on any atom is -0.496 e. The van der Waals surface area contributed by atoms with Crippen molar-refractivity contribution in [3.8, 4) is 11.5 Å². The highest BCUT2D eigenvalue weighted by Gasteiger charge is 2.14. The minimum atomic E-state index is -0.779. The number of hydrogen-bond acceptors (Lipinski definition) is 3. The molecule has 23 heavy (non-hydrogen) atoms. The van der Waals surface area contributed by atoms with Crippen molar-refractivity contribution >= 4 is 5.78 Å². The van der Waals surface area contributed by atoms with E-state index in [-0.39, 0.29) is 18.8 Å². The highest BCUT2D eigenvalue weighted by atomic mass is 19.1. The lowest BCUT2D eigenvalue weighted by Crippen LogP contribution is -2.03. The second-order valence-electron chi connectivity index (χ2n) is 5.19. The molecule has 0 bridgehead atoms. The van der Waals surface area contributed by atoms with E-state index in [0.29, 0.717) is 23.3 Å². The number of methoxy groups -OCH3 is 1. The Kier molecular flexibility index (Phi) is 5.68. The van der Waals surface area contributed by atoms with Crippen LogP contribution in [0.2, 0.25) is 0 Å². The molecule has 0 amide bonds.